The highest BCUT2D eigenvalue weighted by Gasteiger charge is 2.60. The van der Waals surface area contributed by atoms with E-state index in [-0.39, 0.29) is 10.8 Å². The van der Waals surface area contributed by atoms with Crippen LogP contribution < -0.4 is 5.43 Å². The van der Waals surface area contributed by atoms with Crippen molar-refractivity contribution in [2.45, 2.75) is 72.5 Å². The topological polar surface area (TPSA) is 15.3 Å². The van der Waals surface area contributed by atoms with E-state index in [1.807, 2.05) is 27.8 Å². The number of alkyl halides is 1. The van der Waals surface area contributed by atoms with Crippen LogP contribution in [0, 0.1) is 10.8 Å². The maximum Gasteiger partial charge on any atom is 0.125 e. The van der Waals surface area contributed by atoms with Gasteiger partial charge in [0.05, 0.1) is 5.54 Å². The lowest BCUT2D eigenvalue weighted by atomic mass is 9.60. The Balaban J connectivity index is 3.26. The van der Waals surface area contributed by atoms with Crippen molar-refractivity contribution in [3.05, 3.63) is 0 Å². The van der Waals surface area contributed by atoms with Crippen molar-refractivity contribution in [1.82, 2.24) is 10.4 Å². The van der Waals surface area contributed by atoms with Crippen LogP contribution in [0.2, 0.25) is 0 Å². The molecule has 0 amide bonds. The second kappa shape index (κ2) is 5.09. The summed E-state index contributed by atoms with van der Waals surface area (Å²) in [4.78, 5) is 0. The molecule has 0 radical (unpaired) electrons. The van der Waals surface area contributed by atoms with Crippen LogP contribution in [0.3, 0.4) is 0 Å². The molecule has 1 heterocycles. The predicted molar refractivity (Wildman–Crippen MR) is 76.2 cm³/mol. The Hall–Kier alpha value is -0.150. The fourth-order valence-corrected chi connectivity index (χ4v) is 3.90. The number of nitrogens with one attached hydrogen (secondary N) is 1. The van der Waals surface area contributed by atoms with Crippen LogP contribution in [-0.2, 0) is 0 Å². The third-order valence-electron chi connectivity index (χ3n) is 4.98. The van der Waals surface area contributed by atoms with Gasteiger partial charge in [-0.05, 0) is 24.7 Å². The number of hydrogen-bond acceptors (Lipinski definition) is 2. The molecule has 2 nitrogen and oxygen atoms in total. The van der Waals surface area contributed by atoms with Crippen LogP contribution in [0.1, 0.15) is 60.8 Å². The van der Waals surface area contributed by atoms with Gasteiger partial charge in [0.2, 0.25) is 0 Å². The van der Waals surface area contributed by atoms with E-state index >= 15 is 4.39 Å². The van der Waals surface area contributed by atoms with Crippen molar-refractivity contribution in [3.8, 4) is 0 Å². The Morgan fingerprint density at radius 2 is 1.67 bits per heavy atom. The Morgan fingerprint density at radius 3 is 2.00 bits per heavy atom. The van der Waals surface area contributed by atoms with Gasteiger partial charge in [-0.15, -0.1) is 0 Å². The predicted octanol–water partition coefficient (Wildman–Crippen LogP) is 3.78. The summed E-state index contributed by atoms with van der Waals surface area (Å²) in [6.45, 7) is 13.5. The summed E-state index contributed by atoms with van der Waals surface area (Å²) >= 11 is 0. The molecule has 0 aromatic carbocycles. The lowest BCUT2D eigenvalue weighted by Gasteiger charge is -2.49. The van der Waals surface area contributed by atoms with Gasteiger partial charge in [0, 0.05) is 19.0 Å². The first-order valence-electron chi connectivity index (χ1n) is 7.32. The molecule has 108 valence electrons. The number of nitrogens with zero attached hydrogens (tertiary/aromatic N) is 1. The van der Waals surface area contributed by atoms with E-state index in [9.17, 15) is 0 Å². The van der Waals surface area contributed by atoms with Crippen LogP contribution >= 0.6 is 0 Å². The monoisotopic (exact) mass is 258 g/mol. The second-order valence-corrected chi connectivity index (χ2v) is 7.01. The molecule has 2 unspecified atom stereocenters. The fourth-order valence-electron chi connectivity index (χ4n) is 3.90. The summed E-state index contributed by atoms with van der Waals surface area (Å²) in [7, 11) is 2.03. The van der Waals surface area contributed by atoms with Crippen molar-refractivity contribution in [1.29, 1.82) is 0 Å². The molecular formula is C15H31FN2. The van der Waals surface area contributed by atoms with E-state index < -0.39 is 11.7 Å². The van der Waals surface area contributed by atoms with Gasteiger partial charge in [0.1, 0.15) is 6.17 Å². The summed E-state index contributed by atoms with van der Waals surface area (Å²) in [6, 6.07) is 0. The normalized spacial score (nSPS) is 30.7. The standard InChI is InChI=1S/C15H31FN2/c1-8-14(9-2)11-18(7)17-15(14,10-3)12(16)13(4,5)6/h12,17H,8-11H2,1-7H3. The molecule has 18 heavy (non-hydrogen) atoms. The van der Waals surface area contributed by atoms with E-state index in [1.165, 1.54) is 0 Å². The molecule has 3 heteroatoms. The molecule has 0 aromatic rings. The molecule has 1 aliphatic rings. The highest BCUT2D eigenvalue weighted by Crippen LogP contribution is 2.51. The zero-order valence-corrected chi connectivity index (χ0v) is 13.2. The smallest absolute Gasteiger partial charge is 0.125 e. The largest absolute Gasteiger partial charge is 0.246 e. The zero-order valence-electron chi connectivity index (χ0n) is 13.2. The molecule has 2 atom stereocenters. The molecule has 0 aliphatic carbocycles. The van der Waals surface area contributed by atoms with Gasteiger partial charge in [-0.3, -0.25) is 0 Å². The summed E-state index contributed by atoms with van der Waals surface area (Å²) in [5.41, 5.74) is 2.75. The molecule has 1 aliphatic heterocycles. The summed E-state index contributed by atoms with van der Waals surface area (Å²) in [6.07, 6.45) is 2.02. The molecule has 1 fully saturated rings. The van der Waals surface area contributed by atoms with Gasteiger partial charge in [0.15, 0.2) is 0 Å². The fraction of sp³-hybridized carbons (Fsp3) is 1.00. The first-order chi connectivity index (χ1) is 8.19. The number of halogens is 1. The van der Waals surface area contributed by atoms with E-state index in [4.69, 9.17) is 0 Å². The molecule has 0 saturated carbocycles. The quantitative estimate of drug-likeness (QED) is 0.825. The van der Waals surface area contributed by atoms with Gasteiger partial charge in [0.25, 0.3) is 0 Å². The van der Waals surface area contributed by atoms with Crippen molar-refractivity contribution in [3.63, 3.8) is 0 Å². The highest BCUT2D eigenvalue weighted by molar-refractivity contribution is 5.13. The van der Waals surface area contributed by atoms with Gasteiger partial charge in [-0.1, -0.05) is 41.5 Å². The lowest BCUT2D eigenvalue weighted by Crippen LogP contribution is -2.62. The van der Waals surface area contributed by atoms with Crippen molar-refractivity contribution >= 4 is 0 Å². The first-order valence-corrected chi connectivity index (χ1v) is 7.32. The van der Waals surface area contributed by atoms with E-state index in [0.717, 1.165) is 25.8 Å². The van der Waals surface area contributed by atoms with Gasteiger partial charge < -0.3 is 0 Å². The molecule has 1 rings (SSSR count). The minimum absolute atomic E-state index is 0.0309. The van der Waals surface area contributed by atoms with Gasteiger partial charge >= 0.3 is 0 Å². The Kier molecular flexibility index (Phi) is 4.49. The van der Waals surface area contributed by atoms with E-state index in [1.54, 1.807) is 0 Å². The van der Waals surface area contributed by atoms with Gasteiger partial charge in [-0.2, -0.15) is 0 Å². The molecule has 0 bridgehead atoms. The average molecular weight is 258 g/mol. The summed E-state index contributed by atoms with van der Waals surface area (Å²) in [5.74, 6) is 0. The Labute approximate surface area is 112 Å². The van der Waals surface area contributed by atoms with E-state index in [0.29, 0.717) is 0 Å². The van der Waals surface area contributed by atoms with Crippen molar-refractivity contribution < 1.29 is 4.39 Å². The highest BCUT2D eigenvalue weighted by atomic mass is 19.1. The number of hydrazine groups is 1. The maximum atomic E-state index is 15.2. The maximum absolute atomic E-state index is 15.2. The van der Waals surface area contributed by atoms with E-state index in [2.05, 4.69) is 31.2 Å². The molecule has 1 N–H and O–H groups in total. The molecule has 0 spiro atoms. The average Bonchev–Trinajstić information content (AvgIpc) is 2.60. The van der Waals surface area contributed by atoms with Gasteiger partial charge in [-0.25, -0.2) is 14.8 Å². The molecule has 0 aromatic heterocycles. The first kappa shape index (κ1) is 15.9. The van der Waals surface area contributed by atoms with Crippen molar-refractivity contribution in [2.75, 3.05) is 13.6 Å². The third kappa shape index (κ3) is 2.20. The van der Waals surface area contributed by atoms with Crippen molar-refractivity contribution in [2.24, 2.45) is 10.8 Å². The second-order valence-electron chi connectivity index (χ2n) is 7.01. The van der Waals surface area contributed by atoms with Crippen LogP contribution in [0.4, 0.5) is 4.39 Å². The number of hydrogen-bond donors (Lipinski definition) is 1. The number of rotatable bonds is 4. The zero-order chi connectivity index (χ0) is 14.2. The molecular weight excluding hydrogens is 227 g/mol. The summed E-state index contributed by atoms with van der Waals surface area (Å²) in [5, 5.41) is 2.09. The van der Waals surface area contributed by atoms with Crippen LogP contribution in [0.15, 0.2) is 0 Å². The lowest BCUT2D eigenvalue weighted by molar-refractivity contribution is -0.0208. The van der Waals surface area contributed by atoms with Crippen LogP contribution in [0.5, 0.6) is 0 Å². The minimum Gasteiger partial charge on any atom is -0.246 e. The SMILES string of the molecule is CCC1(CC)CN(C)NC1(CC)C(F)C(C)(C)C. The Morgan fingerprint density at radius 1 is 1.17 bits per heavy atom. The third-order valence-corrected chi connectivity index (χ3v) is 4.98. The van der Waals surface area contributed by atoms with Crippen LogP contribution in [-0.4, -0.2) is 30.3 Å². The Bertz CT molecular complexity index is 281. The summed E-state index contributed by atoms with van der Waals surface area (Å²) < 4.78 is 15.2. The molecule has 1 saturated heterocycles. The van der Waals surface area contributed by atoms with Crippen LogP contribution in [0.25, 0.3) is 0 Å². The minimum atomic E-state index is -0.847.